The third-order valence-electron chi connectivity index (χ3n) is 6.66. The normalized spacial score (nSPS) is 23.1. The molecule has 0 radical (unpaired) electrons. The van der Waals surface area contributed by atoms with Gasteiger partial charge in [-0.3, -0.25) is 9.47 Å². The van der Waals surface area contributed by atoms with E-state index in [1.165, 1.54) is 60.7 Å². The SMILES string of the molecule is N#Cn1cc(C2CCC(N3CCc4ccccc4C3)CC2)c2ccccc21. The summed E-state index contributed by atoms with van der Waals surface area (Å²) >= 11 is 0. The molecule has 0 N–H and O–H groups in total. The monoisotopic (exact) mass is 355 g/mol. The summed E-state index contributed by atoms with van der Waals surface area (Å²) in [5.74, 6) is 0.581. The highest BCUT2D eigenvalue weighted by molar-refractivity contribution is 5.85. The van der Waals surface area contributed by atoms with Crippen LogP contribution in [-0.2, 0) is 13.0 Å². The van der Waals surface area contributed by atoms with E-state index >= 15 is 0 Å². The van der Waals surface area contributed by atoms with Crippen molar-refractivity contribution >= 4 is 10.9 Å². The van der Waals surface area contributed by atoms with Crippen LogP contribution < -0.4 is 0 Å². The van der Waals surface area contributed by atoms with Crippen LogP contribution in [-0.4, -0.2) is 22.1 Å². The van der Waals surface area contributed by atoms with Crippen molar-refractivity contribution in [3.63, 3.8) is 0 Å². The molecule has 0 unspecified atom stereocenters. The van der Waals surface area contributed by atoms with Gasteiger partial charge in [-0.05, 0) is 60.8 Å². The van der Waals surface area contributed by atoms with E-state index in [0.717, 1.165) is 12.1 Å². The minimum atomic E-state index is 0.581. The third-order valence-corrected chi connectivity index (χ3v) is 6.66. The van der Waals surface area contributed by atoms with Crippen LogP contribution in [0.1, 0.15) is 48.3 Å². The lowest BCUT2D eigenvalue weighted by atomic mass is 9.80. The highest BCUT2D eigenvalue weighted by Gasteiger charge is 2.29. The maximum absolute atomic E-state index is 9.45. The zero-order chi connectivity index (χ0) is 18.2. The van der Waals surface area contributed by atoms with Gasteiger partial charge in [-0.15, -0.1) is 0 Å². The van der Waals surface area contributed by atoms with Gasteiger partial charge in [0.1, 0.15) is 0 Å². The number of para-hydroxylation sites is 1. The second-order valence-electron chi connectivity index (χ2n) is 8.07. The lowest BCUT2D eigenvalue weighted by Gasteiger charge is -2.39. The van der Waals surface area contributed by atoms with Crippen LogP contribution in [0.3, 0.4) is 0 Å². The van der Waals surface area contributed by atoms with Crippen LogP contribution in [0, 0.1) is 11.5 Å². The van der Waals surface area contributed by atoms with Gasteiger partial charge in [-0.1, -0.05) is 42.5 Å². The summed E-state index contributed by atoms with van der Waals surface area (Å²) in [6, 6.07) is 18.0. The summed E-state index contributed by atoms with van der Waals surface area (Å²) in [7, 11) is 0. The molecule has 2 aromatic carbocycles. The topological polar surface area (TPSA) is 32.0 Å². The Kier molecular flexibility index (Phi) is 4.22. The van der Waals surface area contributed by atoms with Crippen molar-refractivity contribution in [1.82, 2.24) is 9.47 Å². The molecular weight excluding hydrogens is 330 g/mol. The Hall–Kier alpha value is -2.57. The maximum Gasteiger partial charge on any atom is 0.188 e. The number of aromatic nitrogens is 1. The zero-order valence-electron chi connectivity index (χ0n) is 15.6. The van der Waals surface area contributed by atoms with Crippen molar-refractivity contribution in [3.8, 4) is 6.19 Å². The molecule has 3 heteroatoms. The fourth-order valence-electron chi connectivity index (χ4n) is 5.20. The van der Waals surface area contributed by atoms with E-state index < -0.39 is 0 Å². The van der Waals surface area contributed by atoms with E-state index in [1.54, 1.807) is 4.57 Å². The quantitative estimate of drug-likeness (QED) is 0.644. The number of fused-ring (bicyclic) bond motifs is 2. The Morgan fingerprint density at radius 1 is 0.889 bits per heavy atom. The van der Waals surface area contributed by atoms with Crippen molar-refractivity contribution < 1.29 is 0 Å². The van der Waals surface area contributed by atoms with Gasteiger partial charge in [-0.2, -0.15) is 5.26 Å². The van der Waals surface area contributed by atoms with Gasteiger partial charge in [0.2, 0.25) is 0 Å². The first-order valence-electron chi connectivity index (χ1n) is 10.1. The summed E-state index contributed by atoms with van der Waals surface area (Å²) in [6.45, 7) is 2.30. The molecule has 1 saturated carbocycles. The number of rotatable bonds is 2. The van der Waals surface area contributed by atoms with E-state index in [4.69, 9.17) is 0 Å². The number of nitrogens with zero attached hydrogens (tertiary/aromatic N) is 3. The predicted octanol–water partition coefficient (Wildman–Crippen LogP) is 5.05. The molecule has 0 saturated heterocycles. The molecule has 0 bridgehead atoms. The van der Waals surface area contributed by atoms with E-state index in [2.05, 4.69) is 59.8 Å². The molecule has 2 heterocycles. The van der Waals surface area contributed by atoms with Crippen LogP contribution in [0.2, 0.25) is 0 Å². The molecule has 1 aliphatic carbocycles. The highest BCUT2D eigenvalue weighted by atomic mass is 15.2. The van der Waals surface area contributed by atoms with Crippen LogP contribution >= 0.6 is 0 Å². The molecule has 1 fully saturated rings. The van der Waals surface area contributed by atoms with Crippen molar-refractivity contribution in [2.24, 2.45) is 0 Å². The molecular formula is C24H25N3. The Labute approximate surface area is 160 Å². The van der Waals surface area contributed by atoms with Gasteiger partial charge in [0.05, 0.1) is 5.52 Å². The number of nitriles is 1. The molecule has 3 nitrogen and oxygen atoms in total. The smallest absolute Gasteiger partial charge is 0.188 e. The summed E-state index contributed by atoms with van der Waals surface area (Å²) in [4.78, 5) is 2.71. The molecule has 0 spiro atoms. The molecule has 5 rings (SSSR count). The van der Waals surface area contributed by atoms with Crippen LogP contribution in [0.4, 0.5) is 0 Å². The van der Waals surface area contributed by atoms with Gasteiger partial charge in [0.25, 0.3) is 0 Å². The molecule has 2 aliphatic rings. The van der Waals surface area contributed by atoms with E-state index in [-0.39, 0.29) is 0 Å². The van der Waals surface area contributed by atoms with E-state index in [1.807, 2.05) is 6.07 Å². The molecule has 0 amide bonds. The van der Waals surface area contributed by atoms with Crippen molar-refractivity contribution in [2.45, 2.75) is 50.6 Å². The van der Waals surface area contributed by atoms with Crippen molar-refractivity contribution in [1.29, 1.82) is 5.26 Å². The molecule has 3 aromatic rings. The summed E-state index contributed by atoms with van der Waals surface area (Å²) < 4.78 is 1.73. The van der Waals surface area contributed by atoms with Gasteiger partial charge in [-0.25, -0.2) is 0 Å². The van der Waals surface area contributed by atoms with E-state index in [0.29, 0.717) is 12.0 Å². The standard InChI is InChI=1S/C24H25N3/c25-17-27-16-23(22-7-3-4-8-24(22)27)19-9-11-21(12-10-19)26-14-13-18-5-1-2-6-20(18)15-26/h1-8,16,19,21H,9-15H2. The summed E-state index contributed by atoms with van der Waals surface area (Å²) in [5.41, 5.74) is 5.47. The first-order valence-corrected chi connectivity index (χ1v) is 10.1. The van der Waals surface area contributed by atoms with Gasteiger partial charge < -0.3 is 0 Å². The first kappa shape index (κ1) is 16.6. The first-order chi connectivity index (χ1) is 13.3. The van der Waals surface area contributed by atoms with Crippen molar-refractivity contribution in [3.05, 3.63) is 71.4 Å². The van der Waals surface area contributed by atoms with E-state index in [9.17, 15) is 5.26 Å². The zero-order valence-corrected chi connectivity index (χ0v) is 15.6. The van der Waals surface area contributed by atoms with Crippen LogP contribution in [0.5, 0.6) is 0 Å². The highest BCUT2D eigenvalue weighted by Crippen LogP contribution is 2.39. The molecule has 27 heavy (non-hydrogen) atoms. The minimum Gasteiger partial charge on any atom is -0.296 e. The lowest BCUT2D eigenvalue weighted by Crippen LogP contribution is -2.41. The summed E-state index contributed by atoms with van der Waals surface area (Å²) in [6.07, 6.45) is 10.5. The fourth-order valence-corrected chi connectivity index (χ4v) is 5.20. The molecule has 0 atom stereocenters. The number of hydrogen-bond acceptors (Lipinski definition) is 2. The molecule has 1 aliphatic heterocycles. The van der Waals surface area contributed by atoms with Gasteiger partial charge >= 0.3 is 0 Å². The van der Waals surface area contributed by atoms with Gasteiger partial charge in [0.15, 0.2) is 6.19 Å². The molecule has 1 aromatic heterocycles. The van der Waals surface area contributed by atoms with Crippen LogP contribution in [0.15, 0.2) is 54.7 Å². The number of benzene rings is 2. The summed E-state index contributed by atoms with van der Waals surface area (Å²) in [5, 5.41) is 10.7. The number of hydrogen-bond donors (Lipinski definition) is 0. The minimum absolute atomic E-state index is 0.581. The predicted molar refractivity (Wildman–Crippen MR) is 109 cm³/mol. The van der Waals surface area contributed by atoms with Crippen molar-refractivity contribution in [2.75, 3.05) is 6.54 Å². The second-order valence-corrected chi connectivity index (χ2v) is 8.07. The Morgan fingerprint density at radius 3 is 2.44 bits per heavy atom. The maximum atomic E-state index is 9.45. The fraction of sp³-hybridized carbons (Fsp3) is 0.375. The van der Waals surface area contributed by atoms with Crippen LogP contribution in [0.25, 0.3) is 10.9 Å². The molecule has 136 valence electrons. The lowest BCUT2D eigenvalue weighted by molar-refractivity contribution is 0.135. The third kappa shape index (κ3) is 2.95. The Balaban J connectivity index is 1.31. The Bertz CT molecular complexity index is 1000. The van der Waals surface area contributed by atoms with Gasteiger partial charge in [0, 0.05) is 30.7 Å². The average molecular weight is 355 g/mol. The average Bonchev–Trinajstić information content (AvgIpc) is 3.12. The second kappa shape index (κ2) is 6.87. The Morgan fingerprint density at radius 2 is 1.63 bits per heavy atom. The largest absolute Gasteiger partial charge is 0.296 e.